The minimum atomic E-state index is -0.164. The number of piperidine rings is 1. The van der Waals surface area contributed by atoms with Gasteiger partial charge in [0.25, 0.3) is 0 Å². The normalized spacial score (nSPS) is 21.6. The third-order valence-electron chi connectivity index (χ3n) is 6.03. The van der Waals surface area contributed by atoms with E-state index in [0.29, 0.717) is 0 Å². The second-order valence-corrected chi connectivity index (χ2v) is 8.74. The summed E-state index contributed by atoms with van der Waals surface area (Å²) in [5.74, 6) is 0.717. The summed E-state index contributed by atoms with van der Waals surface area (Å²) in [6.45, 7) is 7.37. The molecule has 29 heavy (non-hydrogen) atoms. The zero-order valence-electron chi connectivity index (χ0n) is 17.4. The predicted octanol–water partition coefficient (Wildman–Crippen LogP) is 2.51. The molecule has 0 spiro atoms. The number of guanidine groups is 1. The third-order valence-corrected chi connectivity index (χ3v) is 6.26. The number of hydrogen-bond donors (Lipinski definition) is 3. The largest absolute Gasteiger partial charge is 0.369 e. The smallest absolute Gasteiger partial charge is 0.221 e. The standard InChI is InChI=1S/C22H34ClN5O/c1-2-25-21(26-11-5-13-28-12-4-6-17(15-28)20(24)29)27-16-22(9-10-22)18-7-3-8-19(23)14-18/h3,7-8,14,17H,2,4-6,9-13,15-16H2,1H3,(H2,24,29)(H2,25,26,27). The van der Waals surface area contributed by atoms with Crippen molar-refractivity contribution in [1.82, 2.24) is 15.5 Å². The van der Waals surface area contributed by atoms with Crippen LogP contribution < -0.4 is 16.4 Å². The third kappa shape index (κ3) is 6.34. The molecule has 1 saturated carbocycles. The highest BCUT2D eigenvalue weighted by atomic mass is 35.5. The van der Waals surface area contributed by atoms with Gasteiger partial charge in [-0.15, -0.1) is 0 Å². The van der Waals surface area contributed by atoms with Crippen LogP contribution in [-0.2, 0) is 10.2 Å². The van der Waals surface area contributed by atoms with E-state index in [0.717, 1.165) is 82.4 Å². The van der Waals surface area contributed by atoms with Crippen molar-refractivity contribution in [3.8, 4) is 0 Å². The number of nitrogens with one attached hydrogen (secondary N) is 2. The molecule has 7 heteroatoms. The van der Waals surface area contributed by atoms with Crippen molar-refractivity contribution in [3.05, 3.63) is 34.9 Å². The van der Waals surface area contributed by atoms with Crippen LogP contribution in [0.5, 0.6) is 0 Å². The van der Waals surface area contributed by atoms with E-state index >= 15 is 0 Å². The van der Waals surface area contributed by atoms with Crippen LogP contribution in [0.25, 0.3) is 0 Å². The lowest BCUT2D eigenvalue weighted by Gasteiger charge is -2.31. The number of rotatable bonds is 9. The fraction of sp³-hybridized carbons (Fsp3) is 0.636. The van der Waals surface area contributed by atoms with Crippen molar-refractivity contribution in [3.63, 3.8) is 0 Å². The molecule has 1 aliphatic heterocycles. The molecule has 4 N–H and O–H groups in total. The number of likely N-dealkylation sites (tertiary alicyclic amines) is 1. The first-order valence-corrected chi connectivity index (χ1v) is 11.2. The topological polar surface area (TPSA) is 82.8 Å². The number of carbonyl (C=O) groups excluding carboxylic acids is 1. The van der Waals surface area contributed by atoms with Crippen molar-refractivity contribution in [2.24, 2.45) is 16.6 Å². The lowest BCUT2D eigenvalue weighted by Crippen LogP contribution is -2.43. The monoisotopic (exact) mass is 419 g/mol. The fourth-order valence-electron chi connectivity index (χ4n) is 4.08. The van der Waals surface area contributed by atoms with Gasteiger partial charge < -0.3 is 21.3 Å². The molecule has 1 heterocycles. The highest BCUT2D eigenvalue weighted by Crippen LogP contribution is 2.48. The number of nitrogens with two attached hydrogens (primary N) is 1. The lowest BCUT2D eigenvalue weighted by molar-refractivity contribution is -0.123. The number of nitrogens with zero attached hydrogens (tertiary/aromatic N) is 2. The molecule has 2 aliphatic rings. The molecule has 2 fully saturated rings. The van der Waals surface area contributed by atoms with E-state index in [4.69, 9.17) is 22.3 Å². The van der Waals surface area contributed by atoms with Gasteiger partial charge in [-0.3, -0.25) is 9.79 Å². The molecule has 160 valence electrons. The number of carbonyl (C=O) groups is 1. The summed E-state index contributed by atoms with van der Waals surface area (Å²) in [5, 5.41) is 7.59. The zero-order valence-corrected chi connectivity index (χ0v) is 18.2. The van der Waals surface area contributed by atoms with Gasteiger partial charge in [-0.2, -0.15) is 0 Å². The first-order valence-electron chi connectivity index (χ1n) is 10.8. The summed E-state index contributed by atoms with van der Waals surface area (Å²) in [6, 6.07) is 8.17. The van der Waals surface area contributed by atoms with Gasteiger partial charge in [-0.25, -0.2) is 0 Å². The molecule has 1 aromatic rings. The Bertz CT molecular complexity index is 719. The fourth-order valence-corrected chi connectivity index (χ4v) is 4.27. The predicted molar refractivity (Wildman–Crippen MR) is 119 cm³/mol. The van der Waals surface area contributed by atoms with E-state index in [1.807, 2.05) is 12.1 Å². The van der Waals surface area contributed by atoms with Crippen molar-refractivity contribution in [2.75, 3.05) is 39.3 Å². The SMILES string of the molecule is CCNC(=NCC1(c2cccc(Cl)c2)CC1)NCCCN1CCCC(C(N)=O)C1. The summed E-state index contributed by atoms with van der Waals surface area (Å²) in [6.07, 6.45) is 5.31. The van der Waals surface area contributed by atoms with E-state index < -0.39 is 0 Å². The van der Waals surface area contributed by atoms with E-state index in [2.05, 4.69) is 34.6 Å². The van der Waals surface area contributed by atoms with E-state index in [1.165, 1.54) is 5.56 Å². The molecule has 1 saturated heterocycles. The molecule has 3 rings (SSSR count). The van der Waals surface area contributed by atoms with Crippen molar-refractivity contribution >= 4 is 23.5 Å². The summed E-state index contributed by atoms with van der Waals surface area (Å²) < 4.78 is 0. The van der Waals surface area contributed by atoms with Crippen LogP contribution in [0.4, 0.5) is 0 Å². The van der Waals surface area contributed by atoms with E-state index in [9.17, 15) is 4.79 Å². The van der Waals surface area contributed by atoms with Gasteiger partial charge >= 0.3 is 0 Å². The van der Waals surface area contributed by atoms with Gasteiger partial charge in [0.05, 0.1) is 12.5 Å². The maximum absolute atomic E-state index is 11.4. The second kappa shape index (κ2) is 10.3. The van der Waals surface area contributed by atoms with Crippen molar-refractivity contribution in [2.45, 2.75) is 44.4 Å². The Morgan fingerprint density at radius 1 is 1.38 bits per heavy atom. The van der Waals surface area contributed by atoms with Gasteiger partial charge in [0.15, 0.2) is 5.96 Å². The Morgan fingerprint density at radius 3 is 2.90 bits per heavy atom. The summed E-state index contributed by atoms with van der Waals surface area (Å²) in [4.78, 5) is 18.6. The molecule has 6 nitrogen and oxygen atoms in total. The molecular weight excluding hydrogens is 386 g/mol. The van der Waals surface area contributed by atoms with E-state index in [1.54, 1.807) is 0 Å². The molecule has 0 aromatic heterocycles. The van der Waals surface area contributed by atoms with Gasteiger partial charge in [-0.1, -0.05) is 23.7 Å². The highest BCUT2D eigenvalue weighted by molar-refractivity contribution is 6.30. The summed E-state index contributed by atoms with van der Waals surface area (Å²) in [5.41, 5.74) is 6.91. The number of amides is 1. The zero-order chi connectivity index (χ0) is 20.7. The maximum Gasteiger partial charge on any atom is 0.221 e. The molecule has 1 aromatic carbocycles. The Hall–Kier alpha value is -1.79. The van der Waals surface area contributed by atoms with Crippen LogP contribution in [0, 0.1) is 5.92 Å². The summed E-state index contributed by atoms with van der Waals surface area (Å²) >= 11 is 6.18. The Kier molecular flexibility index (Phi) is 7.78. The average molecular weight is 420 g/mol. The molecular formula is C22H34ClN5O. The minimum Gasteiger partial charge on any atom is -0.369 e. The molecule has 1 unspecified atom stereocenters. The molecule has 1 amide bonds. The molecule has 0 radical (unpaired) electrons. The molecule has 1 atom stereocenters. The first kappa shape index (κ1) is 21.9. The quantitative estimate of drug-likeness (QED) is 0.326. The molecule has 1 aliphatic carbocycles. The van der Waals surface area contributed by atoms with Crippen molar-refractivity contribution < 1.29 is 4.79 Å². The number of halogens is 1. The van der Waals surface area contributed by atoms with E-state index in [-0.39, 0.29) is 17.2 Å². The average Bonchev–Trinajstić information content (AvgIpc) is 3.51. The number of hydrogen-bond acceptors (Lipinski definition) is 3. The lowest BCUT2D eigenvalue weighted by atomic mass is 9.96. The van der Waals surface area contributed by atoms with Crippen LogP contribution in [0.2, 0.25) is 5.02 Å². The Morgan fingerprint density at radius 2 is 2.21 bits per heavy atom. The molecule has 0 bridgehead atoms. The first-order chi connectivity index (χ1) is 14.0. The second-order valence-electron chi connectivity index (χ2n) is 8.31. The van der Waals surface area contributed by atoms with Crippen LogP contribution in [0.3, 0.4) is 0 Å². The van der Waals surface area contributed by atoms with Crippen LogP contribution in [0.15, 0.2) is 29.3 Å². The van der Waals surface area contributed by atoms with Gasteiger partial charge in [0.2, 0.25) is 5.91 Å². The van der Waals surface area contributed by atoms with Crippen LogP contribution in [0.1, 0.15) is 44.6 Å². The van der Waals surface area contributed by atoms with Crippen molar-refractivity contribution in [1.29, 1.82) is 0 Å². The number of primary amides is 1. The highest BCUT2D eigenvalue weighted by Gasteiger charge is 2.44. The minimum absolute atomic E-state index is 0.0109. The summed E-state index contributed by atoms with van der Waals surface area (Å²) in [7, 11) is 0. The number of benzene rings is 1. The van der Waals surface area contributed by atoms with Gasteiger partial charge in [-0.05, 0) is 69.8 Å². The number of aliphatic imine (C=N–C) groups is 1. The van der Waals surface area contributed by atoms with Crippen LogP contribution in [-0.4, -0.2) is 56.0 Å². The Balaban J connectivity index is 1.46. The van der Waals surface area contributed by atoms with Crippen LogP contribution >= 0.6 is 11.6 Å². The Labute approximate surface area is 179 Å². The maximum atomic E-state index is 11.4. The van der Waals surface area contributed by atoms with Gasteiger partial charge in [0.1, 0.15) is 0 Å². The van der Waals surface area contributed by atoms with Gasteiger partial charge in [0, 0.05) is 30.1 Å².